The Labute approximate surface area is 94.4 Å². The number of halogens is 1. The predicted octanol–water partition coefficient (Wildman–Crippen LogP) is 1.85. The molecule has 0 radical (unpaired) electrons. The monoisotopic (exact) mass is 229 g/mol. The van der Waals surface area contributed by atoms with Gasteiger partial charge in [0.25, 0.3) is 0 Å². The minimum atomic E-state index is -0.553. The van der Waals surface area contributed by atoms with Crippen LogP contribution in [0.5, 0.6) is 0 Å². The molecule has 1 unspecified atom stereocenters. The van der Waals surface area contributed by atoms with Crippen molar-refractivity contribution in [3.8, 4) is 0 Å². The molecular weight excluding hydrogens is 214 g/mol. The molecule has 2 N–H and O–H groups in total. The fourth-order valence-electron chi connectivity index (χ4n) is 1.04. The molecule has 0 aliphatic rings. The molecule has 1 rings (SSSR count). The van der Waals surface area contributed by atoms with Crippen molar-refractivity contribution < 1.29 is 4.79 Å². The zero-order valence-corrected chi connectivity index (χ0v) is 9.93. The molecule has 0 fully saturated rings. The summed E-state index contributed by atoms with van der Waals surface area (Å²) in [7, 11) is 0. The number of alkyl halides is 1. The first-order chi connectivity index (χ1) is 6.97. The molecule has 1 aromatic heterocycles. The first kappa shape index (κ1) is 12.0. The summed E-state index contributed by atoms with van der Waals surface area (Å²) in [4.78, 5) is 18.8. The maximum atomic E-state index is 11.8. The van der Waals surface area contributed by atoms with Crippen molar-refractivity contribution in [2.24, 2.45) is 5.41 Å². The lowest BCUT2D eigenvalue weighted by Crippen LogP contribution is -2.39. The summed E-state index contributed by atoms with van der Waals surface area (Å²) in [6.45, 7) is 5.50. The van der Waals surface area contributed by atoms with Crippen LogP contribution in [-0.4, -0.2) is 21.8 Å². The van der Waals surface area contributed by atoms with E-state index < -0.39 is 5.41 Å². The standard InChI is InChI=1S/C10H16ClN3O/c1-7(8-12-4-5-13-8)14-9(15)10(2,3)6-11/h4-5,7H,6H2,1-3H3,(H,12,13)(H,14,15). The summed E-state index contributed by atoms with van der Waals surface area (Å²) in [5, 5.41) is 2.86. The van der Waals surface area contributed by atoms with Gasteiger partial charge in [-0.1, -0.05) is 0 Å². The molecule has 0 aliphatic heterocycles. The quantitative estimate of drug-likeness (QED) is 0.775. The number of nitrogens with one attached hydrogen (secondary N) is 2. The lowest BCUT2D eigenvalue weighted by Gasteiger charge is -2.22. The molecule has 0 bridgehead atoms. The number of aromatic nitrogens is 2. The third-order valence-electron chi connectivity index (χ3n) is 2.23. The van der Waals surface area contributed by atoms with E-state index in [4.69, 9.17) is 11.6 Å². The van der Waals surface area contributed by atoms with Gasteiger partial charge < -0.3 is 10.3 Å². The molecule has 1 heterocycles. The maximum Gasteiger partial charge on any atom is 0.227 e. The minimum Gasteiger partial charge on any atom is -0.347 e. The van der Waals surface area contributed by atoms with Gasteiger partial charge in [-0.3, -0.25) is 4.79 Å². The summed E-state index contributed by atoms with van der Waals surface area (Å²) < 4.78 is 0. The van der Waals surface area contributed by atoms with Gasteiger partial charge in [-0.25, -0.2) is 4.98 Å². The van der Waals surface area contributed by atoms with E-state index in [0.29, 0.717) is 5.88 Å². The van der Waals surface area contributed by atoms with Crippen molar-refractivity contribution in [2.75, 3.05) is 5.88 Å². The normalized spacial score (nSPS) is 13.6. The van der Waals surface area contributed by atoms with Gasteiger partial charge in [0.05, 0.1) is 11.5 Å². The van der Waals surface area contributed by atoms with Crippen LogP contribution in [0.2, 0.25) is 0 Å². The van der Waals surface area contributed by atoms with Gasteiger partial charge in [0.2, 0.25) is 5.91 Å². The van der Waals surface area contributed by atoms with Crippen molar-refractivity contribution in [3.05, 3.63) is 18.2 Å². The largest absolute Gasteiger partial charge is 0.347 e. The van der Waals surface area contributed by atoms with Crippen LogP contribution in [0, 0.1) is 5.41 Å². The highest BCUT2D eigenvalue weighted by atomic mass is 35.5. The van der Waals surface area contributed by atoms with E-state index in [9.17, 15) is 4.79 Å². The molecule has 0 saturated carbocycles. The minimum absolute atomic E-state index is 0.0681. The van der Waals surface area contributed by atoms with E-state index in [2.05, 4.69) is 15.3 Å². The topological polar surface area (TPSA) is 57.8 Å². The molecule has 0 aliphatic carbocycles. The highest BCUT2D eigenvalue weighted by Crippen LogP contribution is 2.18. The van der Waals surface area contributed by atoms with E-state index in [0.717, 1.165) is 5.82 Å². The van der Waals surface area contributed by atoms with E-state index in [1.165, 1.54) is 0 Å². The van der Waals surface area contributed by atoms with E-state index in [1.807, 2.05) is 20.8 Å². The Morgan fingerprint density at radius 1 is 1.73 bits per heavy atom. The molecule has 4 nitrogen and oxygen atoms in total. The number of nitrogens with zero attached hydrogens (tertiary/aromatic N) is 1. The Kier molecular flexibility index (Phi) is 3.74. The van der Waals surface area contributed by atoms with Gasteiger partial charge >= 0.3 is 0 Å². The number of hydrogen-bond acceptors (Lipinski definition) is 2. The molecule has 84 valence electrons. The molecule has 0 saturated heterocycles. The number of imidazole rings is 1. The van der Waals surface area contributed by atoms with E-state index in [-0.39, 0.29) is 11.9 Å². The van der Waals surface area contributed by atoms with Crippen molar-refractivity contribution in [2.45, 2.75) is 26.8 Å². The lowest BCUT2D eigenvalue weighted by atomic mass is 9.95. The van der Waals surface area contributed by atoms with Crippen molar-refractivity contribution >= 4 is 17.5 Å². The molecule has 0 aromatic carbocycles. The van der Waals surface area contributed by atoms with Gasteiger partial charge in [-0.15, -0.1) is 11.6 Å². The summed E-state index contributed by atoms with van der Waals surface area (Å²) in [5.74, 6) is 0.971. The Morgan fingerprint density at radius 3 is 2.87 bits per heavy atom. The predicted molar refractivity (Wildman–Crippen MR) is 59.6 cm³/mol. The molecule has 1 aromatic rings. The number of carbonyl (C=O) groups is 1. The van der Waals surface area contributed by atoms with Crippen LogP contribution in [0.3, 0.4) is 0 Å². The zero-order valence-electron chi connectivity index (χ0n) is 9.17. The van der Waals surface area contributed by atoms with Crippen molar-refractivity contribution in [3.63, 3.8) is 0 Å². The van der Waals surface area contributed by atoms with Gasteiger partial charge in [0.15, 0.2) is 0 Å². The number of hydrogen-bond donors (Lipinski definition) is 2. The molecule has 15 heavy (non-hydrogen) atoms. The molecule has 5 heteroatoms. The van der Waals surface area contributed by atoms with Crippen LogP contribution in [0.15, 0.2) is 12.4 Å². The number of amides is 1. The summed E-state index contributed by atoms with van der Waals surface area (Å²) in [6.07, 6.45) is 3.38. The first-order valence-corrected chi connectivity index (χ1v) is 5.37. The van der Waals surface area contributed by atoms with Gasteiger partial charge in [-0.2, -0.15) is 0 Å². The lowest BCUT2D eigenvalue weighted by molar-refractivity contribution is -0.129. The molecular formula is C10H16ClN3O. The summed E-state index contributed by atoms with van der Waals surface area (Å²) >= 11 is 5.71. The Bertz CT molecular complexity index is 321. The maximum absolute atomic E-state index is 11.8. The first-order valence-electron chi connectivity index (χ1n) is 4.83. The Hall–Kier alpha value is -1.03. The second-order valence-electron chi connectivity index (χ2n) is 4.19. The Morgan fingerprint density at radius 2 is 2.40 bits per heavy atom. The molecule has 1 amide bonds. The molecule has 1 atom stereocenters. The second kappa shape index (κ2) is 4.66. The second-order valence-corrected chi connectivity index (χ2v) is 4.45. The van der Waals surface area contributed by atoms with Crippen LogP contribution in [0.4, 0.5) is 0 Å². The van der Waals surface area contributed by atoms with Gasteiger partial charge in [0.1, 0.15) is 5.82 Å². The number of carbonyl (C=O) groups excluding carboxylic acids is 1. The summed E-state index contributed by atoms with van der Waals surface area (Å²) in [6, 6.07) is -0.130. The van der Waals surface area contributed by atoms with Crippen LogP contribution in [0.1, 0.15) is 32.6 Å². The van der Waals surface area contributed by atoms with Crippen LogP contribution < -0.4 is 5.32 Å². The zero-order chi connectivity index (χ0) is 11.5. The average Bonchev–Trinajstić information content (AvgIpc) is 2.70. The SMILES string of the molecule is CC(NC(=O)C(C)(C)CCl)c1ncc[nH]1. The Balaban J connectivity index is 2.60. The number of rotatable bonds is 4. The fraction of sp³-hybridized carbons (Fsp3) is 0.600. The highest BCUT2D eigenvalue weighted by Gasteiger charge is 2.27. The van der Waals surface area contributed by atoms with Gasteiger partial charge in [0, 0.05) is 18.3 Å². The average molecular weight is 230 g/mol. The summed E-state index contributed by atoms with van der Waals surface area (Å²) in [5.41, 5.74) is -0.553. The van der Waals surface area contributed by atoms with Gasteiger partial charge in [-0.05, 0) is 20.8 Å². The smallest absolute Gasteiger partial charge is 0.227 e. The van der Waals surface area contributed by atoms with E-state index >= 15 is 0 Å². The number of aromatic amines is 1. The molecule has 0 spiro atoms. The van der Waals surface area contributed by atoms with Crippen molar-refractivity contribution in [1.29, 1.82) is 0 Å². The number of H-pyrrole nitrogens is 1. The van der Waals surface area contributed by atoms with Crippen LogP contribution in [0.25, 0.3) is 0 Å². The third-order valence-corrected chi connectivity index (χ3v) is 2.89. The highest BCUT2D eigenvalue weighted by molar-refractivity contribution is 6.19. The van der Waals surface area contributed by atoms with Crippen LogP contribution in [-0.2, 0) is 4.79 Å². The van der Waals surface area contributed by atoms with Crippen LogP contribution >= 0.6 is 11.6 Å². The fourth-order valence-corrected chi connectivity index (χ4v) is 1.16. The van der Waals surface area contributed by atoms with E-state index in [1.54, 1.807) is 12.4 Å². The van der Waals surface area contributed by atoms with Crippen molar-refractivity contribution in [1.82, 2.24) is 15.3 Å². The third kappa shape index (κ3) is 2.96.